The Morgan fingerprint density at radius 2 is 2.16 bits per heavy atom. The summed E-state index contributed by atoms with van der Waals surface area (Å²) in [5.41, 5.74) is 0. The molecule has 1 fully saturated rings. The second kappa shape index (κ2) is 6.32. The van der Waals surface area contributed by atoms with Crippen molar-refractivity contribution in [3.8, 4) is 0 Å². The average Bonchev–Trinajstić information content (AvgIpc) is 2.80. The van der Waals surface area contributed by atoms with E-state index < -0.39 is 10.0 Å². The Hall–Kier alpha value is -0.470. The van der Waals surface area contributed by atoms with Crippen molar-refractivity contribution in [3.05, 3.63) is 15.8 Å². The number of sulfonamides is 1. The highest BCUT2D eigenvalue weighted by Gasteiger charge is 2.22. The first kappa shape index (κ1) is 14.9. The molecule has 0 amide bonds. The van der Waals surface area contributed by atoms with E-state index >= 15 is 0 Å². The number of rotatable bonds is 5. The van der Waals surface area contributed by atoms with Crippen LogP contribution in [0.15, 0.2) is 11.0 Å². The van der Waals surface area contributed by atoms with Gasteiger partial charge in [-0.3, -0.25) is 0 Å². The molecule has 1 saturated heterocycles. The van der Waals surface area contributed by atoms with E-state index in [9.17, 15) is 8.42 Å². The Bertz CT molecular complexity index is 518. The van der Waals surface area contributed by atoms with Gasteiger partial charge in [-0.25, -0.2) is 13.1 Å². The molecule has 2 heterocycles. The number of aliphatic hydroxyl groups excluding tert-OH is 1. The van der Waals surface area contributed by atoms with Gasteiger partial charge in [-0.1, -0.05) is 0 Å². The first-order valence-electron chi connectivity index (χ1n) is 6.30. The summed E-state index contributed by atoms with van der Waals surface area (Å²) in [7, 11) is -3.47. The fraction of sp³-hybridized carbons (Fsp3) is 0.667. The normalized spacial score (nSPS) is 17.8. The maximum atomic E-state index is 12.2. The van der Waals surface area contributed by atoms with Crippen LogP contribution in [0.3, 0.4) is 0 Å². The highest BCUT2D eigenvalue weighted by Crippen LogP contribution is 2.26. The van der Waals surface area contributed by atoms with Gasteiger partial charge in [0.05, 0.1) is 11.5 Å². The number of thiophene rings is 1. The largest absolute Gasteiger partial charge is 0.391 e. The molecule has 0 radical (unpaired) electrons. The summed E-state index contributed by atoms with van der Waals surface area (Å²) in [6.07, 6.45) is 1.79. The minimum Gasteiger partial charge on any atom is -0.391 e. The van der Waals surface area contributed by atoms with Gasteiger partial charge >= 0.3 is 0 Å². The number of ether oxygens (including phenoxy) is 1. The van der Waals surface area contributed by atoms with Crippen LogP contribution in [-0.2, 0) is 21.4 Å². The molecule has 0 spiro atoms. The molecular weight excluding hydrogens is 286 g/mol. The predicted octanol–water partition coefficient (Wildman–Crippen LogP) is 1.25. The van der Waals surface area contributed by atoms with Gasteiger partial charge in [-0.2, -0.15) is 0 Å². The van der Waals surface area contributed by atoms with Crippen molar-refractivity contribution in [2.45, 2.75) is 31.3 Å². The molecule has 19 heavy (non-hydrogen) atoms. The van der Waals surface area contributed by atoms with Crippen LogP contribution in [0.2, 0.25) is 0 Å². The lowest BCUT2D eigenvalue weighted by Gasteiger charge is -2.22. The highest BCUT2D eigenvalue weighted by atomic mass is 32.2. The molecule has 2 N–H and O–H groups in total. The number of hydrogen-bond acceptors (Lipinski definition) is 5. The van der Waals surface area contributed by atoms with Crippen LogP contribution in [0.1, 0.15) is 22.6 Å². The van der Waals surface area contributed by atoms with E-state index in [1.165, 1.54) is 11.3 Å². The number of aryl methyl sites for hydroxylation is 1. The summed E-state index contributed by atoms with van der Waals surface area (Å²) in [4.78, 5) is 1.67. The molecule has 0 saturated carbocycles. The van der Waals surface area contributed by atoms with Crippen molar-refractivity contribution in [2.75, 3.05) is 19.8 Å². The Balaban J connectivity index is 2.02. The third kappa shape index (κ3) is 3.76. The zero-order valence-corrected chi connectivity index (χ0v) is 12.5. The van der Waals surface area contributed by atoms with Gasteiger partial charge in [-0.15, -0.1) is 11.3 Å². The second-order valence-corrected chi connectivity index (χ2v) is 7.78. The van der Waals surface area contributed by atoms with Crippen LogP contribution >= 0.6 is 11.3 Å². The summed E-state index contributed by atoms with van der Waals surface area (Å²) in [6.45, 7) is 3.50. The van der Waals surface area contributed by atoms with Crippen molar-refractivity contribution in [1.82, 2.24) is 4.72 Å². The smallest absolute Gasteiger partial charge is 0.241 e. The monoisotopic (exact) mass is 305 g/mol. The third-order valence-electron chi connectivity index (χ3n) is 3.27. The quantitative estimate of drug-likeness (QED) is 0.858. The first-order chi connectivity index (χ1) is 9.03. The van der Waals surface area contributed by atoms with E-state index in [0.29, 0.717) is 35.4 Å². The van der Waals surface area contributed by atoms with Gasteiger partial charge in [0.15, 0.2) is 0 Å². The number of aliphatic hydroxyl groups is 1. The summed E-state index contributed by atoms with van der Waals surface area (Å²) >= 11 is 1.31. The maximum Gasteiger partial charge on any atom is 0.241 e. The van der Waals surface area contributed by atoms with Crippen molar-refractivity contribution in [3.63, 3.8) is 0 Å². The van der Waals surface area contributed by atoms with Crippen LogP contribution in [0.25, 0.3) is 0 Å². The fourth-order valence-electron chi connectivity index (χ4n) is 2.12. The highest BCUT2D eigenvalue weighted by molar-refractivity contribution is 7.89. The molecule has 1 aromatic rings. The van der Waals surface area contributed by atoms with Crippen molar-refractivity contribution < 1.29 is 18.3 Å². The number of hydrogen-bond donors (Lipinski definition) is 2. The Morgan fingerprint density at radius 3 is 2.74 bits per heavy atom. The van der Waals surface area contributed by atoms with Gasteiger partial charge in [-0.05, 0) is 31.7 Å². The third-order valence-corrected chi connectivity index (χ3v) is 5.99. The Kier molecular flexibility index (Phi) is 4.97. The average molecular weight is 305 g/mol. The molecule has 0 aliphatic carbocycles. The van der Waals surface area contributed by atoms with Gasteiger partial charge < -0.3 is 9.84 Å². The molecule has 0 bridgehead atoms. The molecule has 1 aromatic heterocycles. The van der Waals surface area contributed by atoms with Crippen LogP contribution in [0, 0.1) is 12.8 Å². The minimum absolute atomic E-state index is 0.124. The van der Waals surface area contributed by atoms with E-state index in [2.05, 4.69) is 4.72 Å². The molecule has 108 valence electrons. The van der Waals surface area contributed by atoms with Gasteiger partial charge in [0.25, 0.3) is 0 Å². The Morgan fingerprint density at radius 1 is 1.47 bits per heavy atom. The first-order valence-corrected chi connectivity index (χ1v) is 8.60. The van der Waals surface area contributed by atoms with E-state index in [1.54, 1.807) is 13.0 Å². The van der Waals surface area contributed by atoms with E-state index in [0.717, 1.165) is 12.8 Å². The van der Waals surface area contributed by atoms with E-state index in [4.69, 9.17) is 9.84 Å². The van der Waals surface area contributed by atoms with Crippen molar-refractivity contribution in [2.24, 2.45) is 5.92 Å². The summed E-state index contributed by atoms with van der Waals surface area (Å²) in [5, 5.41) is 9.06. The standard InChI is InChI=1S/C12H19NO4S2/c1-9-12(6-11(8-14)18-9)19(15,16)13-7-10-2-4-17-5-3-10/h6,10,13-14H,2-5,7-8H2,1H3. The van der Waals surface area contributed by atoms with Crippen LogP contribution in [-0.4, -0.2) is 33.3 Å². The van der Waals surface area contributed by atoms with Crippen LogP contribution in [0.5, 0.6) is 0 Å². The van der Waals surface area contributed by atoms with Crippen molar-refractivity contribution in [1.29, 1.82) is 0 Å². The lowest BCUT2D eigenvalue weighted by atomic mass is 10.0. The summed E-state index contributed by atoms with van der Waals surface area (Å²) in [5.74, 6) is 0.347. The lowest BCUT2D eigenvalue weighted by molar-refractivity contribution is 0.0678. The predicted molar refractivity (Wildman–Crippen MR) is 73.7 cm³/mol. The topological polar surface area (TPSA) is 75.6 Å². The van der Waals surface area contributed by atoms with Gasteiger partial charge in [0.1, 0.15) is 0 Å². The number of nitrogens with one attached hydrogen (secondary N) is 1. The molecule has 0 atom stereocenters. The minimum atomic E-state index is -3.47. The zero-order chi connectivity index (χ0) is 13.9. The molecule has 1 aliphatic heterocycles. The summed E-state index contributed by atoms with van der Waals surface area (Å²) < 4.78 is 32.3. The summed E-state index contributed by atoms with van der Waals surface area (Å²) in [6, 6.07) is 1.55. The van der Waals surface area contributed by atoms with E-state index in [-0.39, 0.29) is 11.5 Å². The molecule has 0 unspecified atom stereocenters. The molecule has 0 aromatic carbocycles. The SMILES string of the molecule is Cc1sc(CO)cc1S(=O)(=O)NCC1CCOCC1. The molecular formula is C12H19NO4S2. The molecule has 7 heteroatoms. The van der Waals surface area contributed by atoms with Crippen molar-refractivity contribution >= 4 is 21.4 Å². The van der Waals surface area contributed by atoms with Gasteiger partial charge in [0.2, 0.25) is 10.0 Å². The maximum absolute atomic E-state index is 12.2. The van der Waals surface area contributed by atoms with Crippen LogP contribution in [0.4, 0.5) is 0 Å². The van der Waals surface area contributed by atoms with E-state index in [1.807, 2.05) is 0 Å². The second-order valence-electron chi connectivity index (χ2n) is 4.70. The lowest BCUT2D eigenvalue weighted by Crippen LogP contribution is -2.32. The van der Waals surface area contributed by atoms with Crippen LogP contribution < -0.4 is 4.72 Å². The van der Waals surface area contributed by atoms with Gasteiger partial charge in [0, 0.05) is 29.5 Å². The Labute approximate surface area is 117 Å². The molecule has 5 nitrogen and oxygen atoms in total. The molecule has 1 aliphatic rings. The zero-order valence-electron chi connectivity index (χ0n) is 10.9. The fourth-order valence-corrected chi connectivity index (χ4v) is 4.73. The molecule has 2 rings (SSSR count).